The van der Waals surface area contributed by atoms with Crippen molar-refractivity contribution in [3.05, 3.63) is 10.4 Å². The second-order valence-corrected chi connectivity index (χ2v) is 9.03. The highest BCUT2D eigenvalue weighted by Gasteiger charge is 2.33. The SMILES string of the molecule is CCCSc1nc(NC[C@H](C)O)c2c3c(sc2n1)CO[C@](C)(CC)C3. The van der Waals surface area contributed by atoms with E-state index in [1.807, 2.05) is 0 Å². The molecule has 0 bridgehead atoms. The van der Waals surface area contributed by atoms with Gasteiger partial charge in [-0.15, -0.1) is 11.3 Å². The molecule has 0 aromatic carbocycles. The fourth-order valence-corrected chi connectivity index (χ4v) is 4.77. The normalized spacial score (nSPS) is 21.3. The van der Waals surface area contributed by atoms with Crippen LogP contribution in [0.1, 0.15) is 51.0 Å². The summed E-state index contributed by atoms with van der Waals surface area (Å²) in [6.07, 6.45) is 2.53. The number of thiophene rings is 1. The van der Waals surface area contributed by atoms with E-state index >= 15 is 0 Å². The van der Waals surface area contributed by atoms with E-state index in [0.717, 1.165) is 46.2 Å². The van der Waals surface area contributed by atoms with Crippen LogP contribution in [0.3, 0.4) is 0 Å². The Hall–Kier alpha value is -0.890. The van der Waals surface area contributed by atoms with Crippen LogP contribution in [0.25, 0.3) is 10.2 Å². The van der Waals surface area contributed by atoms with Crippen LogP contribution < -0.4 is 5.32 Å². The van der Waals surface area contributed by atoms with Gasteiger partial charge in [0, 0.05) is 23.6 Å². The molecule has 0 fully saturated rings. The van der Waals surface area contributed by atoms with Crippen molar-refractivity contribution in [2.75, 3.05) is 17.6 Å². The summed E-state index contributed by atoms with van der Waals surface area (Å²) in [7, 11) is 0. The van der Waals surface area contributed by atoms with Gasteiger partial charge in [0.1, 0.15) is 10.6 Å². The number of aromatic nitrogens is 2. The molecule has 0 radical (unpaired) electrons. The van der Waals surface area contributed by atoms with Crippen LogP contribution in [0.15, 0.2) is 5.16 Å². The van der Waals surface area contributed by atoms with Crippen molar-refractivity contribution in [3.63, 3.8) is 0 Å². The number of rotatable bonds is 7. The topological polar surface area (TPSA) is 67.3 Å². The second-order valence-electron chi connectivity index (χ2n) is 6.89. The van der Waals surface area contributed by atoms with Crippen LogP contribution in [-0.2, 0) is 17.8 Å². The third-order valence-corrected chi connectivity index (χ3v) is 6.72. The molecule has 1 aliphatic heterocycles. The van der Waals surface area contributed by atoms with E-state index in [1.54, 1.807) is 30.0 Å². The van der Waals surface area contributed by atoms with Gasteiger partial charge < -0.3 is 15.2 Å². The predicted molar refractivity (Wildman–Crippen MR) is 106 cm³/mol. The monoisotopic (exact) mass is 381 g/mol. The molecule has 0 aliphatic carbocycles. The number of hydrogen-bond donors (Lipinski definition) is 2. The van der Waals surface area contributed by atoms with Crippen molar-refractivity contribution < 1.29 is 9.84 Å². The highest BCUT2D eigenvalue weighted by atomic mass is 32.2. The van der Waals surface area contributed by atoms with Gasteiger partial charge in [-0.05, 0) is 32.3 Å². The number of nitrogens with one attached hydrogen (secondary N) is 1. The first-order valence-electron chi connectivity index (χ1n) is 8.96. The number of nitrogens with zero attached hydrogens (tertiary/aromatic N) is 2. The average Bonchev–Trinajstić information content (AvgIpc) is 2.95. The predicted octanol–water partition coefficient (Wildman–Crippen LogP) is 4.23. The molecule has 0 unspecified atom stereocenters. The Labute approximate surface area is 157 Å². The number of anilines is 1. The van der Waals surface area contributed by atoms with E-state index in [0.29, 0.717) is 13.2 Å². The lowest BCUT2D eigenvalue weighted by molar-refractivity contribution is -0.0542. The van der Waals surface area contributed by atoms with Gasteiger partial charge >= 0.3 is 0 Å². The minimum atomic E-state index is -0.421. The summed E-state index contributed by atoms with van der Waals surface area (Å²) < 4.78 is 6.10. The number of thioether (sulfide) groups is 1. The molecule has 2 aromatic rings. The van der Waals surface area contributed by atoms with E-state index in [4.69, 9.17) is 14.7 Å². The first-order valence-corrected chi connectivity index (χ1v) is 10.8. The molecule has 2 aromatic heterocycles. The van der Waals surface area contributed by atoms with Crippen molar-refractivity contribution in [2.24, 2.45) is 0 Å². The number of fused-ring (bicyclic) bond motifs is 3. The maximum absolute atomic E-state index is 9.68. The molecular weight excluding hydrogens is 354 g/mol. The molecule has 2 N–H and O–H groups in total. The van der Waals surface area contributed by atoms with Crippen molar-refractivity contribution in [2.45, 2.75) is 70.4 Å². The van der Waals surface area contributed by atoms with Crippen molar-refractivity contribution in [3.8, 4) is 0 Å². The molecule has 3 heterocycles. The maximum Gasteiger partial charge on any atom is 0.190 e. The third kappa shape index (κ3) is 4.10. The maximum atomic E-state index is 9.68. The molecule has 1 aliphatic rings. The average molecular weight is 382 g/mol. The minimum absolute atomic E-state index is 0.127. The molecular formula is C18H27N3O2S2. The highest BCUT2D eigenvalue weighted by Crippen LogP contribution is 2.42. The summed E-state index contributed by atoms with van der Waals surface area (Å²) in [5, 5.41) is 14.9. The number of ether oxygens (including phenoxy) is 1. The summed E-state index contributed by atoms with van der Waals surface area (Å²) in [5.74, 6) is 1.85. The zero-order chi connectivity index (χ0) is 18.0. The summed E-state index contributed by atoms with van der Waals surface area (Å²) in [6.45, 7) is 9.41. The Morgan fingerprint density at radius 2 is 2.20 bits per heavy atom. The Kier molecular flexibility index (Phi) is 5.88. The van der Waals surface area contributed by atoms with E-state index in [-0.39, 0.29) is 5.60 Å². The van der Waals surface area contributed by atoms with E-state index in [2.05, 4.69) is 26.1 Å². The van der Waals surface area contributed by atoms with Gasteiger partial charge in [-0.1, -0.05) is 25.6 Å². The number of aliphatic hydroxyl groups excluding tert-OH is 1. The molecule has 0 spiro atoms. The molecule has 25 heavy (non-hydrogen) atoms. The lowest BCUT2D eigenvalue weighted by Crippen LogP contribution is -2.34. The van der Waals surface area contributed by atoms with Crippen LogP contribution in [0, 0.1) is 0 Å². The first-order chi connectivity index (χ1) is 12.0. The molecule has 7 heteroatoms. The van der Waals surface area contributed by atoms with Gasteiger partial charge in [0.05, 0.1) is 23.7 Å². The lowest BCUT2D eigenvalue weighted by Gasteiger charge is -2.33. The smallest absolute Gasteiger partial charge is 0.190 e. The number of aliphatic hydroxyl groups is 1. The summed E-state index contributed by atoms with van der Waals surface area (Å²) in [6, 6.07) is 0. The molecule has 2 atom stereocenters. The summed E-state index contributed by atoms with van der Waals surface area (Å²) >= 11 is 3.40. The van der Waals surface area contributed by atoms with Gasteiger partial charge in [-0.25, -0.2) is 9.97 Å². The van der Waals surface area contributed by atoms with Crippen molar-refractivity contribution >= 4 is 39.1 Å². The van der Waals surface area contributed by atoms with Gasteiger partial charge in [0.25, 0.3) is 0 Å². The van der Waals surface area contributed by atoms with Crippen LogP contribution in [-0.4, -0.2) is 39.1 Å². The van der Waals surface area contributed by atoms with Gasteiger partial charge in [-0.2, -0.15) is 0 Å². The Morgan fingerprint density at radius 3 is 2.88 bits per heavy atom. The van der Waals surface area contributed by atoms with Crippen LogP contribution >= 0.6 is 23.1 Å². The van der Waals surface area contributed by atoms with Crippen LogP contribution in [0.5, 0.6) is 0 Å². The van der Waals surface area contributed by atoms with Crippen molar-refractivity contribution in [1.82, 2.24) is 9.97 Å². The standard InChI is InChI=1S/C18H27N3O2S2/c1-5-7-24-17-20-15(19-9-11(3)22)14-12-8-18(4,6-2)23-10-13(12)25-16(14)21-17/h11,22H,5-10H2,1-4H3,(H,19,20,21)/t11-,18+/m0/s1. The fourth-order valence-electron chi connectivity index (χ4n) is 2.91. The molecule has 5 nitrogen and oxygen atoms in total. The van der Waals surface area contributed by atoms with E-state index in [9.17, 15) is 5.11 Å². The number of hydrogen-bond acceptors (Lipinski definition) is 7. The highest BCUT2D eigenvalue weighted by molar-refractivity contribution is 7.99. The Bertz CT molecular complexity index is 747. The summed E-state index contributed by atoms with van der Waals surface area (Å²) in [4.78, 5) is 11.8. The van der Waals surface area contributed by atoms with E-state index in [1.165, 1.54) is 10.4 Å². The van der Waals surface area contributed by atoms with Crippen molar-refractivity contribution in [1.29, 1.82) is 0 Å². The van der Waals surface area contributed by atoms with Gasteiger partial charge in [-0.3, -0.25) is 0 Å². The first kappa shape index (κ1) is 18.9. The quantitative estimate of drug-likeness (QED) is 0.553. The molecule has 3 rings (SSSR count). The van der Waals surface area contributed by atoms with Crippen LogP contribution in [0.2, 0.25) is 0 Å². The largest absolute Gasteiger partial charge is 0.392 e. The lowest BCUT2D eigenvalue weighted by atomic mass is 9.90. The zero-order valence-corrected chi connectivity index (χ0v) is 17.0. The van der Waals surface area contributed by atoms with Gasteiger partial charge in [0.2, 0.25) is 0 Å². The summed E-state index contributed by atoms with van der Waals surface area (Å²) in [5.41, 5.74) is 1.19. The zero-order valence-electron chi connectivity index (χ0n) is 15.4. The second kappa shape index (κ2) is 7.78. The third-order valence-electron chi connectivity index (χ3n) is 4.56. The van der Waals surface area contributed by atoms with Gasteiger partial charge in [0.15, 0.2) is 5.16 Å². The minimum Gasteiger partial charge on any atom is -0.392 e. The molecule has 0 saturated carbocycles. The Morgan fingerprint density at radius 1 is 1.40 bits per heavy atom. The molecule has 0 amide bonds. The molecule has 0 saturated heterocycles. The van der Waals surface area contributed by atoms with E-state index < -0.39 is 6.10 Å². The molecule has 138 valence electrons. The fraction of sp³-hybridized carbons (Fsp3) is 0.667. The van der Waals surface area contributed by atoms with Crippen LogP contribution in [0.4, 0.5) is 5.82 Å². The Balaban J connectivity index is 2.06.